The van der Waals surface area contributed by atoms with Gasteiger partial charge in [-0.1, -0.05) is 23.8 Å². The lowest BCUT2D eigenvalue weighted by Crippen LogP contribution is -1.96. The molecular formula is C13H15N3. The van der Waals surface area contributed by atoms with E-state index in [9.17, 15) is 0 Å². The van der Waals surface area contributed by atoms with Gasteiger partial charge in [-0.15, -0.1) is 0 Å². The summed E-state index contributed by atoms with van der Waals surface area (Å²) in [6.07, 6.45) is 1.77. The molecule has 0 bridgehead atoms. The lowest BCUT2D eigenvalue weighted by atomic mass is 10.1. The zero-order chi connectivity index (χ0) is 11.5. The Balaban J connectivity index is 2.49. The Morgan fingerprint density at radius 3 is 2.62 bits per heavy atom. The standard InChI is InChI=1S/C13H15N3/c1-9-4-5-11(10(2)8-9)13-15-7-6-12(14-3)16-13/h4-8H,1-3H3,(H,14,15,16). The van der Waals surface area contributed by atoms with E-state index in [2.05, 4.69) is 47.3 Å². The number of benzene rings is 1. The molecule has 1 aromatic carbocycles. The largest absolute Gasteiger partial charge is 0.373 e. The fourth-order valence-corrected chi connectivity index (χ4v) is 1.69. The third-order valence-electron chi connectivity index (χ3n) is 2.53. The average molecular weight is 213 g/mol. The summed E-state index contributed by atoms with van der Waals surface area (Å²) in [7, 11) is 1.86. The van der Waals surface area contributed by atoms with Crippen molar-refractivity contribution in [3.8, 4) is 11.4 Å². The first-order valence-corrected chi connectivity index (χ1v) is 5.29. The van der Waals surface area contributed by atoms with E-state index in [1.165, 1.54) is 11.1 Å². The average Bonchev–Trinajstić information content (AvgIpc) is 2.29. The zero-order valence-electron chi connectivity index (χ0n) is 9.78. The molecule has 1 N–H and O–H groups in total. The summed E-state index contributed by atoms with van der Waals surface area (Å²) in [5.41, 5.74) is 3.54. The van der Waals surface area contributed by atoms with Crippen LogP contribution >= 0.6 is 0 Å². The molecule has 3 heteroatoms. The third-order valence-corrected chi connectivity index (χ3v) is 2.53. The van der Waals surface area contributed by atoms with Gasteiger partial charge in [0.1, 0.15) is 5.82 Å². The quantitative estimate of drug-likeness (QED) is 0.833. The monoisotopic (exact) mass is 213 g/mol. The fraction of sp³-hybridized carbons (Fsp3) is 0.231. The molecule has 0 unspecified atom stereocenters. The molecule has 0 amide bonds. The van der Waals surface area contributed by atoms with E-state index < -0.39 is 0 Å². The maximum Gasteiger partial charge on any atom is 0.161 e. The van der Waals surface area contributed by atoms with Crippen LogP contribution in [0.1, 0.15) is 11.1 Å². The maximum atomic E-state index is 4.43. The van der Waals surface area contributed by atoms with Gasteiger partial charge in [-0.25, -0.2) is 9.97 Å². The van der Waals surface area contributed by atoms with Gasteiger partial charge in [-0.2, -0.15) is 0 Å². The van der Waals surface area contributed by atoms with Crippen molar-refractivity contribution < 1.29 is 0 Å². The third kappa shape index (κ3) is 2.03. The van der Waals surface area contributed by atoms with Crippen LogP contribution in [0.15, 0.2) is 30.5 Å². The first-order chi connectivity index (χ1) is 7.70. The predicted octanol–water partition coefficient (Wildman–Crippen LogP) is 2.80. The molecule has 2 aromatic rings. The molecule has 0 aliphatic heterocycles. The van der Waals surface area contributed by atoms with E-state index in [-0.39, 0.29) is 0 Å². The number of aryl methyl sites for hydroxylation is 2. The Morgan fingerprint density at radius 2 is 1.94 bits per heavy atom. The smallest absolute Gasteiger partial charge is 0.161 e. The van der Waals surface area contributed by atoms with Gasteiger partial charge < -0.3 is 5.32 Å². The van der Waals surface area contributed by atoms with Crippen LogP contribution in [0.25, 0.3) is 11.4 Å². The Bertz CT molecular complexity index is 506. The highest BCUT2D eigenvalue weighted by Crippen LogP contribution is 2.21. The summed E-state index contributed by atoms with van der Waals surface area (Å²) >= 11 is 0. The van der Waals surface area contributed by atoms with E-state index >= 15 is 0 Å². The molecule has 0 saturated heterocycles. The number of rotatable bonds is 2. The van der Waals surface area contributed by atoms with Gasteiger partial charge in [0, 0.05) is 18.8 Å². The number of hydrogen-bond donors (Lipinski definition) is 1. The first-order valence-electron chi connectivity index (χ1n) is 5.29. The summed E-state index contributed by atoms with van der Waals surface area (Å²) in [5, 5.41) is 3.02. The van der Waals surface area contributed by atoms with Crippen molar-refractivity contribution >= 4 is 5.82 Å². The Hall–Kier alpha value is -1.90. The van der Waals surface area contributed by atoms with Crippen LogP contribution in [-0.4, -0.2) is 17.0 Å². The molecule has 0 aliphatic rings. The van der Waals surface area contributed by atoms with Crippen LogP contribution in [0.4, 0.5) is 5.82 Å². The highest BCUT2D eigenvalue weighted by Gasteiger charge is 2.05. The minimum atomic E-state index is 0.768. The number of anilines is 1. The van der Waals surface area contributed by atoms with Gasteiger partial charge in [0.05, 0.1) is 0 Å². The minimum Gasteiger partial charge on any atom is -0.373 e. The van der Waals surface area contributed by atoms with Gasteiger partial charge in [0.2, 0.25) is 0 Å². The topological polar surface area (TPSA) is 37.8 Å². The van der Waals surface area contributed by atoms with Crippen molar-refractivity contribution in [2.45, 2.75) is 13.8 Å². The fourth-order valence-electron chi connectivity index (χ4n) is 1.69. The molecule has 0 atom stereocenters. The summed E-state index contributed by atoms with van der Waals surface area (Å²) in [4.78, 5) is 8.73. The second kappa shape index (κ2) is 4.31. The van der Waals surface area contributed by atoms with Crippen molar-refractivity contribution in [3.05, 3.63) is 41.6 Å². The Kier molecular flexibility index (Phi) is 2.86. The van der Waals surface area contributed by atoms with Crippen LogP contribution in [-0.2, 0) is 0 Å². The van der Waals surface area contributed by atoms with Crippen LogP contribution in [0.5, 0.6) is 0 Å². The number of hydrogen-bond acceptors (Lipinski definition) is 3. The first kappa shape index (κ1) is 10.6. The van der Waals surface area contributed by atoms with E-state index in [1.54, 1.807) is 6.20 Å². The van der Waals surface area contributed by atoms with Gasteiger partial charge in [-0.05, 0) is 25.5 Å². The Labute approximate surface area is 95.6 Å². The van der Waals surface area contributed by atoms with Crippen molar-refractivity contribution in [2.24, 2.45) is 0 Å². The van der Waals surface area contributed by atoms with Crippen LogP contribution in [0.2, 0.25) is 0 Å². The molecule has 0 fully saturated rings. The van der Waals surface area contributed by atoms with Gasteiger partial charge in [0.25, 0.3) is 0 Å². The number of aromatic nitrogens is 2. The van der Waals surface area contributed by atoms with Crippen LogP contribution in [0.3, 0.4) is 0 Å². The minimum absolute atomic E-state index is 0.768. The molecule has 0 radical (unpaired) electrons. The lowest BCUT2D eigenvalue weighted by Gasteiger charge is -2.06. The van der Waals surface area contributed by atoms with Crippen LogP contribution < -0.4 is 5.32 Å². The van der Waals surface area contributed by atoms with Crippen LogP contribution in [0, 0.1) is 13.8 Å². The van der Waals surface area contributed by atoms with Gasteiger partial charge in [0.15, 0.2) is 5.82 Å². The zero-order valence-corrected chi connectivity index (χ0v) is 9.78. The van der Waals surface area contributed by atoms with Crippen molar-refractivity contribution in [2.75, 3.05) is 12.4 Å². The summed E-state index contributed by atoms with van der Waals surface area (Å²) < 4.78 is 0. The van der Waals surface area contributed by atoms with E-state index in [1.807, 2.05) is 13.1 Å². The van der Waals surface area contributed by atoms with E-state index in [4.69, 9.17) is 0 Å². The highest BCUT2D eigenvalue weighted by molar-refractivity contribution is 5.61. The summed E-state index contributed by atoms with van der Waals surface area (Å²) in [5.74, 6) is 1.61. The molecule has 3 nitrogen and oxygen atoms in total. The second-order valence-corrected chi connectivity index (χ2v) is 3.83. The number of nitrogens with one attached hydrogen (secondary N) is 1. The normalized spacial score (nSPS) is 10.2. The second-order valence-electron chi connectivity index (χ2n) is 3.83. The maximum absolute atomic E-state index is 4.43. The summed E-state index contributed by atoms with van der Waals surface area (Å²) in [6.45, 7) is 4.17. The predicted molar refractivity (Wildman–Crippen MR) is 66.5 cm³/mol. The van der Waals surface area contributed by atoms with Crippen molar-refractivity contribution in [1.82, 2.24) is 9.97 Å². The molecule has 0 aliphatic carbocycles. The summed E-state index contributed by atoms with van der Waals surface area (Å²) in [6, 6.07) is 8.15. The molecule has 0 spiro atoms. The Morgan fingerprint density at radius 1 is 1.12 bits per heavy atom. The SMILES string of the molecule is CNc1ccnc(-c2ccc(C)cc2C)n1. The van der Waals surface area contributed by atoms with Crippen molar-refractivity contribution in [3.63, 3.8) is 0 Å². The van der Waals surface area contributed by atoms with E-state index in [0.29, 0.717) is 0 Å². The lowest BCUT2D eigenvalue weighted by molar-refractivity contribution is 1.16. The number of nitrogens with zero attached hydrogens (tertiary/aromatic N) is 2. The molecule has 1 aromatic heterocycles. The molecule has 1 heterocycles. The molecular weight excluding hydrogens is 198 g/mol. The molecule has 16 heavy (non-hydrogen) atoms. The van der Waals surface area contributed by atoms with E-state index in [0.717, 1.165) is 17.2 Å². The van der Waals surface area contributed by atoms with Gasteiger partial charge >= 0.3 is 0 Å². The molecule has 0 saturated carbocycles. The van der Waals surface area contributed by atoms with Crippen molar-refractivity contribution in [1.29, 1.82) is 0 Å². The highest BCUT2D eigenvalue weighted by atomic mass is 15.0. The van der Waals surface area contributed by atoms with Gasteiger partial charge in [-0.3, -0.25) is 0 Å². The molecule has 82 valence electrons. The molecule has 2 rings (SSSR count).